The number of rotatable bonds is 5. The molecule has 0 aliphatic rings. The Kier molecular flexibility index (Phi) is 3.64. The Labute approximate surface area is 83.1 Å². The molecule has 0 bridgehead atoms. The van der Waals surface area contributed by atoms with Crippen molar-refractivity contribution in [1.82, 2.24) is 9.78 Å². The Hall–Kier alpha value is -1.36. The molecule has 0 radical (unpaired) electrons. The Bertz CT molecular complexity index is 308. The molecular formula is C9H16N4O. The van der Waals surface area contributed by atoms with Crippen LogP contribution in [0.2, 0.25) is 0 Å². The summed E-state index contributed by atoms with van der Waals surface area (Å²) in [7, 11) is 0. The minimum absolute atomic E-state index is 0.465. The molecule has 0 aromatic carbocycles. The Morgan fingerprint density at radius 2 is 2.43 bits per heavy atom. The van der Waals surface area contributed by atoms with Crippen LogP contribution in [0.15, 0.2) is 12.4 Å². The molecule has 0 aliphatic heterocycles. The second-order valence-electron chi connectivity index (χ2n) is 3.26. The van der Waals surface area contributed by atoms with Gasteiger partial charge in [0.2, 0.25) is 5.91 Å². The van der Waals surface area contributed by atoms with Crippen molar-refractivity contribution in [2.45, 2.75) is 32.4 Å². The molecule has 0 aliphatic carbocycles. The van der Waals surface area contributed by atoms with E-state index in [0.29, 0.717) is 13.0 Å². The van der Waals surface area contributed by atoms with Gasteiger partial charge in [-0.15, -0.1) is 0 Å². The van der Waals surface area contributed by atoms with Crippen molar-refractivity contribution in [3.8, 4) is 0 Å². The Morgan fingerprint density at radius 1 is 1.71 bits per heavy atom. The summed E-state index contributed by atoms with van der Waals surface area (Å²) in [6, 6.07) is -0.579. The monoisotopic (exact) mass is 196 g/mol. The lowest BCUT2D eigenvalue weighted by atomic mass is 10.2. The zero-order valence-electron chi connectivity index (χ0n) is 8.31. The highest BCUT2D eigenvalue weighted by Gasteiger charge is 2.08. The Morgan fingerprint density at radius 3 is 2.93 bits per heavy atom. The van der Waals surface area contributed by atoms with Gasteiger partial charge >= 0.3 is 0 Å². The normalized spacial score (nSPS) is 12.7. The van der Waals surface area contributed by atoms with Crippen molar-refractivity contribution in [2.75, 3.05) is 0 Å². The molecule has 78 valence electrons. The van der Waals surface area contributed by atoms with Gasteiger partial charge in [0.05, 0.1) is 12.2 Å². The summed E-state index contributed by atoms with van der Waals surface area (Å²) in [6.45, 7) is 2.70. The van der Waals surface area contributed by atoms with E-state index in [-0.39, 0.29) is 0 Å². The van der Waals surface area contributed by atoms with Crippen LogP contribution in [-0.2, 0) is 17.8 Å². The summed E-state index contributed by atoms with van der Waals surface area (Å²) in [5.74, 6) is -0.465. The van der Waals surface area contributed by atoms with Crippen LogP contribution in [0.1, 0.15) is 18.9 Å². The zero-order valence-corrected chi connectivity index (χ0v) is 8.31. The molecule has 1 atom stereocenters. The van der Waals surface area contributed by atoms with Gasteiger partial charge in [0.25, 0.3) is 0 Å². The fourth-order valence-corrected chi connectivity index (χ4v) is 1.12. The predicted octanol–water partition coefficient (Wildman–Crippen LogP) is -0.352. The highest BCUT2D eigenvalue weighted by atomic mass is 16.1. The van der Waals surface area contributed by atoms with E-state index in [1.54, 1.807) is 4.68 Å². The van der Waals surface area contributed by atoms with E-state index in [4.69, 9.17) is 11.5 Å². The molecule has 0 fully saturated rings. The molecule has 1 aromatic rings. The molecule has 1 rings (SSSR count). The van der Waals surface area contributed by atoms with Gasteiger partial charge in [-0.1, -0.05) is 6.92 Å². The first-order valence-corrected chi connectivity index (χ1v) is 4.69. The molecule has 1 amide bonds. The first kappa shape index (κ1) is 10.7. The van der Waals surface area contributed by atoms with E-state index in [1.807, 2.05) is 12.4 Å². The predicted molar refractivity (Wildman–Crippen MR) is 53.4 cm³/mol. The lowest BCUT2D eigenvalue weighted by Crippen LogP contribution is -2.37. The van der Waals surface area contributed by atoms with E-state index < -0.39 is 11.9 Å². The molecule has 1 heterocycles. The lowest BCUT2D eigenvalue weighted by molar-refractivity contribution is -0.119. The van der Waals surface area contributed by atoms with E-state index >= 15 is 0 Å². The second kappa shape index (κ2) is 4.76. The van der Waals surface area contributed by atoms with E-state index in [9.17, 15) is 4.79 Å². The summed E-state index contributed by atoms with van der Waals surface area (Å²) in [5.41, 5.74) is 11.7. The maximum absolute atomic E-state index is 10.6. The van der Waals surface area contributed by atoms with Crippen molar-refractivity contribution in [3.05, 3.63) is 18.0 Å². The maximum atomic E-state index is 10.6. The van der Waals surface area contributed by atoms with E-state index in [0.717, 1.165) is 6.42 Å². The third kappa shape index (κ3) is 2.85. The standard InChI is InChI=1S/C9H16N4O/c1-2-7-5-12-13(6-7)4-3-8(10)9(11)14/h5-6,8H,2-4,10H2,1H3,(H2,11,14). The minimum Gasteiger partial charge on any atom is -0.368 e. The van der Waals surface area contributed by atoms with Gasteiger partial charge in [-0.25, -0.2) is 0 Å². The first-order valence-electron chi connectivity index (χ1n) is 4.69. The fourth-order valence-electron chi connectivity index (χ4n) is 1.12. The molecule has 0 saturated heterocycles. The number of carbonyl (C=O) groups excluding carboxylic acids is 1. The van der Waals surface area contributed by atoms with Gasteiger partial charge in [-0.3, -0.25) is 9.48 Å². The molecular weight excluding hydrogens is 180 g/mol. The highest BCUT2D eigenvalue weighted by molar-refractivity contribution is 5.79. The van der Waals surface area contributed by atoms with Gasteiger partial charge in [0.1, 0.15) is 0 Å². The first-order chi connectivity index (χ1) is 6.63. The van der Waals surface area contributed by atoms with Crippen LogP contribution in [0, 0.1) is 0 Å². The number of amides is 1. The summed E-state index contributed by atoms with van der Waals surface area (Å²) >= 11 is 0. The van der Waals surface area contributed by atoms with E-state index in [1.165, 1.54) is 5.56 Å². The number of nitrogens with zero attached hydrogens (tertiary/aromatic N) is 2. The smallest absolute Gasteiger partial charge is 0.234 e. The summed E-state index contributed by atoms with van der Waals surface area (Å²) < 4.78 is 1.78. The van der Waals surface area contributed by atoms with E-state index in [2.05, 4.69) is 12.0 Å². The van der Waals surface area contributed by atoms with Crippen LogP contribution in [0.5, 0.6) is 0 Å². The zero-order chi connectivity index (χ0) is 10.6. The molecule has 1 aromatic heterocycles. The average Bonchev–Trinajstić information content (AvgIpc) is 2.61. The molecule has 0 saturated carbocycles. The van der Waals surface area contributed by atoms with Gasteiger partial charge in [0.15, 0.2) is 0 Å². The minimum atomic E-state index is -0.579. The van der Waals surface area contributed by atoms with Crippen molar-refractivity contribution in [2.24, 2.45) is 11.5 Å². The number of nitrogens with two attached hydrogens (primary N) is 2. The van der Waals surface area contributed by atoms with Gasteiger partial charge in [-0.05, 0) is 18.4 Å². The van der Waals surface area contributed by atoms with Crippen molar-refractivity contribution >= 4 is 5.91 Å². The second-order valence-corrected chi connectivity index (χ2v) is 3.26. The van der Waals surface area contributed by atoms with Gasteiger partial charge < -0.3 is 11.5 Å². The highest BCUT2D eigenvalue weighted by Crippen LogP contribution is 2.00. The molecule has 1 unspecified atom stereocenters. The maximum Gasteiger partial charge on any atom is 0.234 e. The van der Waals surface area contributed by atoms with Crippen molar-refractivity contribution in [1.29, 1.82) is 0 Å². The number of aromatic nitrogens is 2. The molecule has 5 nitrogen and oxygen atoms in total. The summed E-state index contributed by atoms with van der Waals surface area (Å²) in [4.78, 5) is 10.6. The Balaban J connectivity index is 2.41. The number of primary amides is 1. The van der Waals surface area contributed by atoms with Crippen LogP contribution in [0.3, 0.4) is 0 Å². The van der Waals surface area contributed by atoms with Crippen LogP contribution in [0.25, 0.3) is 0 Å². The van der Waals surface area contributed by atoms with Crippen molar-refractivity contribution in [3.63, 3.8) is 0 Å². The quantitative estimate of drug-likeness (QED) is 0.674. The molecule has 14 heavy (non-hydrogen) atoms. The third-order valence-corrected chi connectivity index (χ3v) is 2.13. The number of hydrogen-bond donors (Lipinski definition) is 2. The topological polar surface area (TPSA) is 86.9 Å². The van der Waals surface area contributed by atoms with Crippen molar-refractivity contribution < 1.29 is 4.79 Å². The van der Waals surface area contributed by atoms with Crippen LogP contribution >= 0.6 is 0 Å². The number of carbonyl (C=O) groups is 1. The number of aryl methyl sites for hydroxylation is 2. The SMILES string of the molecule is CCc1cnn(CCC(N)C(N)=O)c1. The molecule has 5 heteroatoms. The average molecular weight is 196 g/mol. The van der Waals surface area contributed by atoms with Crippen LogP contribution in [0.4, 0.5) is 0 Å². The lowest BCUT2D eigenvalue weighted by Gasteiger charge is -2.06. The van der Waals surface area contributed by atoms with Crippen LogP contribution < -0.4 is 11.5 Å². The summed E-state index contributed by atoms with van der Waals surface area (Å²) in [5, 5.41) is 4.13. The molecule has 0 spiro atoms. The number of hydrogen-bond acceptors (Lipinski definition) is 3. The fraction of sp³-hybridized carbons (Fsp3) is 0.556. The summed E-state index contributed by atoms with van der Waals surface area (Å²) in [6.07, 6.45) is 5.26. The van der Waals surface area contributed by atoms with Gasteiger partial charge in [-0.2, -0.15) is 5.10 Å². The van der Waals surface area contributed by atoms with Crippen LogP contribution in [-0.4, -0.2) is 21.7 Å². The van der Waals surface area contributed by atoms with Gasteiger partial charge in [0, 0.05) is 12.7 Å². The largest absolute Gasteiger partial charge is 0.368 e. The molecule has 4 N–H and O–H groups in total. The third-order valence-electron chi connectivity index (χ3n) is 2.13.